The van der Waals surface area contributed by atoms with E-state index in [0.29, 0.717) is 22.4 Å². The molecule has 0 aromatic heterocycles. The third kappa shape index (κ3) is 3.88. The zero-order chi connectivity index (χ0) is 24.9. The van der Waals surface area contributed by atoms with Gasteiger partial charge in [0.25, 0.3) is 0 Å². The van der Waals surface area contributed by atoms with Gasteiger partial charge < -0.3 is 40.1 Å². The zero-order valence-electron chi connectivity index (χ0n) is 18.8. The number of hydrogen-bond acceptors (Lipinski definition) is 9. The van der Waals surface area contributed by atoms with Gasteiger partial charge in [-0.3, -0.25) is 0 Å². The molecule has 1 aliphatic carbocycles. The van der Waals surface area contributed by atoms with Crippen LogP contribution in [0.2, 0.25) is 0 Å². The second-order valence-corrected chi connectivity index (χ2v) is 9.02. The first kappa shape index (κ1) is 23.3. The normalized spacial score (nSPS) is 26.1. The Bertz CT molecular complexity index is 1180. The van der Waals surface area contributed by atoms with Crippen molar-refractivity contribution in [1.29, 1.82) is 0 Å². The van der Waals surface area contributed by atoms with Crippen molar-refractivity contribution in [2.45, 2.75) is 45.5 Å². The molecular weight excluding hydrogens is 444 g/mol. The van der Waals surface area contributed by atoms with Crippen molar-refractivity contribution < 1.29 is 44.9 Å². The highest BCUT2D eigenvalue weighted by molar-refractivity contribution is 5.91. The van der Waals surface area contributed by atoms with Gasteiger partial charge in [0.15, 0.2) is 23.4 Å². The number of aryl methyl sites for hydroxylation is 2. The fourth-order valence-electron chi connectivity index (χ4n) is 4.43. The molecule has 6 N–H and O–H groups in total. The molecule has 4 atom stereocenters. The minimum atomic E-state index is -1.11. The Labute approximate surface area is 195 Å². The predicted molar refractivity (Wildman–Crippen MR) is 120 cm³/mol. The average molecular weight is 470 g/mol. The number of fused-ring (bicyclic) bond motifs is 1. The summed E-state index contributed by atoms with van der Waals surface area (Å²) in [6.07, 6.45) is -0.0853. The predicted octanol–water partition coefficient (Wildman–Crippen LogP) is 3.52. The van der Waals surface area contributed by atoms with Crippen LogP contribution in [0.1, 0.15) is 46.5 Å². The van der Waals surface area contributed by atoms with Gasteiger partial charge in [-0.25, -0.2) is 4.79 Å². The van der Waals surface area contributed by atoms with Crippen molar-refractivity contribution in [3.8, 4) is 23.0 Å². The average Bonchev–Trinajstić information content (AvgIpc) is 2.76. The van der Waals surface area contributed by atoms with Gasteiger partial charge in [0.1, 0.15) is 23.4 Å². The summed E-state index contributed by atoms with van der Waals surface area (Å²) in [5, 5.41) is 60.0. The summed E-state index contributed by atoms with van der Waals surface area (Å²) in [5.41, 5.74) is 0.580. The van der Waals surface area contributed by atoms with Gasteiger partial charge >= 0.3 is 5.97 Å². The van der Waals surface area contributed by atoms with E-state index in [4.69, 9.17) is 9.47 Å². The molecule has 34 heavy (non-hydrogen) atoms. The number of allylic oxidation sites excluding steroid dienone is 1. The lowest BCUT2D eigenvalue weighted by molar-refractivity contribution is -0.118. The fourth-order valence-corrected chi connectivity index (χ4v) is 4.43. The van der Waals surface area contributed by atoms with Gasteiger partial charge in [0.05, 0.1) is 17.1 Å². The second kappa shape index (κ2) is 8.18. The number of phenols is 4. The third-order valence-corrected chi connectivity index (χ3v) is 6.45. The fraction of sp³-hybridized carbons (Fsp3) is 0.320. The van der Waals surface area contributed by atoms with E-state index >= 15 is 0 Å². The molecule has 0 saturated carbocycles. The largest absolute Gasteiger partial charge is 0.508 e. The lowest BCUT2D eigenvalue weighted by Crippen LogP contribution is -2.47. The summed E-state index contributed by atoms with van der Waals surface area (Å²) in [4.78, 5) is 12.9. The van der Waals surface area contributed by atoms with Crippen molar-refractivity contribution in [3.63, 3.8) is 0 Å². The highest BCUT2D eigenvalue weighted by atomic mass is 16.6. The number of carbonyl (C=O) groups is 1. The zero-order valence-corrected chi connectivity index (χ0v) is 18.8. The van der Waals surface area contributed by atoms with E-state index in [-0.39, 0.29) is 23.5 Å². The van der Waals surface area contributed by atoms with Crippen LogP contribution in [-0.2, 0) is 9.47 Å². The number of hydrogen-bond donors (Lipinski definition) is 6. The minimum absolute atomic E-state index is 0.120. The van der Waals surface area contributed by atoms with Crippen LogP contribution in [-0.4, -0.2) is 48.8 Å². The number of esters is 1. The Hall–Kier alpha value is -3.85. The van der Waals surface area contributed by atoms with Crippen LogP contribution >= 0.6 is 0 Å². The van der Waals surface area contributed by atoms with Crippen LogP contribution in [0, 0.1) is 19.3 Å². The van der Waals surface area contributed by atoms with Crippen molar-refractivity contribution >= 4 is 5.97 Å². The maximum atomic E-state index is 12.9. The first-order chi connectivity index (χ1) is 15.9. The summed E-state index contributed by atoms with van der Waals surface area (Å²) >= 11 is 0. The Morgan fingerprint density at radius 2 is 1.59 bits per heavy atom. The summed E-state index contributed by atoms with van der Waals surface area (Å²) in [5.74, 6) is -2.73. The quantitative estimate of drug-likeness (QED) is 0.292. The standard InChI is InChI=1S/C25H26O9/c1-11-4-13(5-12(2)21(11)30)23-18(10-25(3)19(29)8-15(26)9-20(25)34-23)33-24(32)14-6-16(27)22(31)17(28)7-14/h4-9,18-19,23,26-31H,10H2,1-3H3. The number of rotatable bonds is 3. The van der Waals surface area contributed by atoms with E-state index in [1.165, 1.54) is 12.2 Å². The third-order valence-electron chi connectivity index (χ3n) is 6.45. The van der Waals surface area contributed by atoms with Crippen LogP contribution in [0.25, 0.3) is 0 Å². The highest BCUT2D eigenvalue weighted by Crippen LogP contribution is 2.51. The summed E-state index contributed by atoms with van der Waals surface area (Å²) in [6.45, 7) is 5.16. The van der Waals surface area contributed by atoms with Gasteiger partial charge in [0.2, 0.25) is 0 Å². The maximum absolute atomic E-state index is 12.9. The van der Waals surface area contributed by atoms with Crippen LogP contribution in [0.3, 0.4) is 0 Å². The van der Waals surface area contributed by atoms with Crippen molar-refractivity contribution in [2.75, 3.05) is 0 Å². The number of aromatic hydroxyl groups is 4. The van der Waals surface area contributed by atoms with Gasteiger partial charge in [0, 0.05) is 12.5 Å². The molecule has 0 radical (unpaired) electrons. The number of ether oxygens (including phenoxy) is 2. The Balaban J connectivity index is 1.74. The molecule has 9 nitrogen and oxygen atoms in total. The molecule has 2 aromatic rings. The van der Waals surface area contributed by atoms with E-state index in [0.717, 1.165) is 12.1 Å². The molecular formula is C25H26O9. The maximum Gasteiger partial charge on any atom is 0.338 e. The van der Waals surface area contributed by atoms with Crippen LogP contribution < -0.4 is 0 Å². The SMILES string of the molecule is Cc1cc(C2OC3=CC(O)=CC(O)C3(C)CC2OC(=O)c2cc(O)c(O)c(O)c2)cc(C)c1O. The topological polar surface area (TPSA) is 157 Å². The lowest BCUT2D eigenvalue weighted by atomic mass is 9.71. The monoisotopic (exact) mass is 470 g/mol. The smallest absolute Gasteiger partial charge is 0.338 e. The van der Waals surface area contributed by atoms with Crippen molar-refractivity contribution in [3.05, 3.63) is 70.2 Å². The molecule has 4 unspecified atom stereocenters. The van der Waals surface area contributed by atoms with E-state index < -0.39 is 46.9 Å². The van der Waals surface area contributed by atoms with Gasteiger partial charge in [-0.15, -0.1) is 0 Å². The second-order valence-electron chi connectivity index (χ2n) is 9.02. The minimum Gasteiger partial charge on any atom is -0.508 e. The highest BCUT2D eigenvalue weighted by Gasteiger charge is 2.50. The number of carbonyl (C=O) groups excluding carboxylic acids is 1. The molecule has 0 amide bonds. The van der Waals surface area contributed by atoms with E-state index in [2.05, 4.69) is 0 Å². The number of phenolic OH excluding ortho intramolecular Hbond substituents is 4. The molecule has 9 heteroatoms. The first-order valence-electron chi connectivity index (χ1n) is 10.6. The Morgan fingerprint density at radius 1 is 1.00 bits per heavy atom. The van der Waals surface area contributed by atoms with E-state index in [9.17, 15) is 35.4 Å². The Morgan fingerprint density at radius 3 is 2.18 bits per heavy atom. The van der Waals surface area contributed by atoms with Crippen molar-refractivity contribution in [2.24, 2.45) is 5.41 Å². The van der Waals surface area contributed by atoms with E-state index in [1.807, 2.05) is 0 Å². The molecule has 1 aliphatic heterocycles. The van der Waals surface area contributed by atoms with Gasteiger partial charge in [-0.2, -0.15) is 0 Å². The van der Waals surface area contributed by atoms with Crippen LogP contribution in [0.4, 0.5) is 0 Å². The summed E-state index contributed by atoms with van der Waals surface area (Å²) in [7, 11) is 0. The van der Waals surface area contributed by atoms with Gasteiger partial charge in [-0.1, -0.05) is 0 Å². The van der Waals surface area contributed by atoms with E-state index in [1.54, 1.807) is 32.9 Å². The molecule has 0 spiro atoms. The Kier molecular flexibility index (Phi) is 5.61. The first-order valence-corrected chi connectivity index (χ1v) is 10.6. The number of aliphatic hydroxyl groups is 2. The van der Waals surface area contributed by atoms with Gasteiger partial charge in [-0.05, 0) is 67.8 Å². The molecule has 1 heterocycles. The summed E-state index contributed by atoms with van der Waals surface area (Å²) in [6, 6.07) is 5.33. The molecule has 180 valence electrons. The molecule has 2 aliphatic rings. The molecule has 1 saturated heterocycles. The number of aliphatic hydroxyl groups excluding tert-OH is 2. The van der Waals surface area contributed by atoms with Crippen LogP contribution in [0.15, 0.2) is 47.9 Å². The van der Waals surface area contributed by atoms with Crippen LogP contribution in [0.5, 0.6) is 23.0 Å². The summed E-state index contributed by atoms with van der Waals surface area (Å²) < 4.78 is 11.9. The lowest BCUT2D eigenvalue weighted by Gasteiger charge is -2.47. The number of benzene rings is 2. The van der Waals surface area contributed by atoms with Crippen molar-refractivity contribution in [1.82, 2.24) is 0 Å². The molecule has 2 aromatic carbocycles. The molecule has 4 rings (SSSR count). The molecule has 1 fully saturated rings. The molecule has 0 bridgehead atoms.